The van der Waals surface area contributed by atoms with E-state index in [0.717, 1.165) is 16.7 Å². The second kappa shape index (κ2) is 9.58. The Labute approximate surface area is 192 Å². The minimum absolute atomic E-state index is 0.278. The first kappa shape index (κ1) is 22.7. The average molecular weight is 448 g/mol. The SMILES string of the molecule is CC(C)(C)n1nnnc1[C@@H](c1ccc(F)cc1)N(Cc1ccccc1)Cc1ccc(F)cc1. The minimum Gasteiger partial charge on any atom is -0.281 e. The highest BCUT2D eigenvalue weighted by atomic mass is 19.1. The van der Waals surface area contributed by atoms with E-state index in [9.17, 15) is 8.78 Å². The van der Waals surface area contributed by atoms with Crippen molar-refractivity contribution in [3.63, 3.8) is 0 Å². The van der Waals surface area contributed by atoms with Crippen LogP contribution in [0.1, 0.15) is 49.3 Å². The van der Waals surface area contributed by atoms with Crippen LogP contribution in [0.5, 0.6) is 0 Å². The molecule has 5 nitrogen and oxygen atoms in total. The number of aromatic nitrogens is 4. The number of hydrogen-bond donors (Lipinski definition) is 0. The summed E-state index contributed by atoms with van der Waals surface area (Å²) >= 11 is 0. The molecule has 170 valence electrons. The van der Waals surface area contributed by atoms with Crippen molar-refractivity contribution in [2.24, 2.45) is 0 Å². The lowest BCUT2D eigenvalue weighted by atomic mass is 10.0. The maximum absolute atomic E-state index is 13.8. The summed E-state index contributed by atoms with van der Waals surface area (Å²) in [5.41, 5.74) is 2.58. The molecule has 0 aliphatic carbocycles. The lowest BCUT2D eigenvalue weighted by Crippen LogP contribution is -2.34. The van der Waals surface area contributed by atoms with Crippen molar-refractivity contribution in [2.45, 2.75) is 45.4 Å². The number of benzene rings is 3. The predicted octanol–water partition coefficient (Wildman–Crippen LogP) is 5.50. The van der Waals surface area contributed by atoms with Gasteiger partial charge in [-0.3, -0.25) is 4.90 Å². The molecular formula is C26H27F2N5. The van der Waals surface area contributed by atoms with Crippen molar-refractivity contribution in [1.82, 2.24) is 25.1 Å². The first-order valence-corrected chi connectivity index (χ1v) is 10.9. The van der Waals surface area contributed by atoms with Crippen molar-refractivity contribution in [1.29, 1.82) is 0 Å². The molecule has 1 heterocycles. The maximum Gasteiger partial charge on any atom is 0.173 e. The van der Waals surface area contributed by atoms with Crippen LogP contribution >= 0.6 is 0 Å². The Morgan fingerprint density at radius 2 is 1.33 bits per heavy atom. The second-order valence-electron chi connectivity index (χ2n) is 9.09. The molecule has 0 N–H and O–H groups in total. The molecule has 4 rings (SSSR count). The van der Waals surface area contributed by atoms with Crippen LogP contribution in [0.15, 0.2) is 78.9 Å². The molecule has 1 aromatic heterocycles. The Morgan fingerprint density at radius 1 is 0.788 bits per heavy atom. The molecular weight excluding hydrogens is 420 g/mol. The van der Waals surface area contributed by atoms with E-state index in [1.165, 1.54) is 24.3 Å². The molecule has 0 saturated carbocycles. The van der Waals surface area contributed by atoms with Crippen LogP contribution in [0.25, 0.3) is 0 Å². The van der Waals surface area contributed by atoms with Gasteiger partial charge in [0.15, 0.2) is 5.82 Å². The summed E-state index contributed by atoms with van der Waals surface area (Å²) in [5.74, 6) is 0.0772. The van der Waals surface area contributed by atoms with Gasteiger partial charge in [0.2, 0.25) is 0 Å². The van der Waals surface area contributed by atoms with Crippen LogP contribution in [0.4, 0.5) is 8.78 Å². The monoisotopic (exact) mass is 447 g/mol. The van der Waals surface area contributed by atoms with E-state index in [4.69, 9.17) is 0 Å². The van der Waals surface area contributed by atoms with Crippen molar-refractivity contribution in [3.05, 3.63) is 113 Å². The van der Waals surface area contributed by atoms with Crippen LogP contribution in [0.3, 0.4) is 0 Å². The smallest absolute Gasteiger partial charge is 0.173 e. The lowest BCUT2D eigenvalue weighted by Gasteiger charge is -2.33. The van der Waals surface area contributed by atoms with E-state index >= 15 is 0 Å². The number of rotatable bonds is 7. The summed E-state index contributed by atoms with van der Waals surface area (Å²) in [4.78, 5) is 2.23. The molecule has 0 aliphatic rings. The molecule has 0 fully saturated rings. The Kier molecular flexibility index (Phi) is 6.60. The third-order valence-electron chi connectivity index (χ3n) is 5.45. The van der Waals surface area contributed by atoms with E-state index in [1.807, 2.05) is 43.7 Å². The largest absolute Gasteiger partial charge is 0.281 e. The average Bonchev–Trinajstić information content (AvgIpc) is 3.28. The van der Waals surface area contributed by atoms with Gasteiger partial charge in [0.25, 0.3) is 0 Å². The highest BCUT2D eigenvalue weighted by molar-refractivity contribution is 5.27. The molecule has 3 aromatic carbocycles. The quantitative estimate of drug-likeness (QED) is 0.375. The third kappa shape index (κ3) is 5.49. The van der Waals surface area contributed by atoms with Gasteiger partial charge in [-0.1, -0.05) is 54.6 Å². The maximum atomic E-state index is 13.8. The van der Waals surface area contributed by atoms with Crippen molar-refractivity contribution in [2.75, 3.05) is 0 Å². The molecule has 0 spiro atoms. The zero-order valence-electron chi connectivity index (χ0n) is 19.0. The van der Waals surface area contributed by atoms with E-state index in [-0.39, 0.29) is 23.2 Å². The van der Waals surface area contributed by atoms with Crippen LogP contribution in [-0.2, 0) is 18.6 Å². The summed E-state index contributed by atoms with van der Waals surface area (Å²) in [6.45, 7) is 7.23. The molecule has 1 atom stereocenters. The van der Waals surface area contributed by atoms with Crippen LogP contribution in [-0.4, -0.2) is 25.1 Å². The molecule has 0 unspecified atom stereocenters. The summed E-state index contributed by atoms with van der Waals surface area (Å²) in [6.07, 6.45) is 0. The summed E-state index contributed by atoms with van der Waals surface area (Å²) in [7, 11) is 0. The first-order chi connectivity index (χ1) is 15.8. The van der Waals surface area contributed by atoms with Crippen molar-refractivity contribution < 1.29 is 8.78 Å². The van der Waals surface area contributed by atoms with Crippen molar-refractivity contribution in [3.8, 4) is 0 Å². The van der Waals surface area contributed by atoms with Gasteiger partial charge >= 0.3 is 0 Å². The van der Waals surface area contributed by atoms with Crippen LogP contribution in [0, 0.1) is 11.6 Å². The number of tetrazole rings is 1. The fourth-order valence-corrected chi connectivity index (χ4v) is 3.89. The third-order valence-corrected chi connectivity index (χ3v) is 5.45. The van der Waals surface area contributed by atoms with E-state index < -0.39 is 0 Å². The van der Waals surface area contributed by atoms with Crippen molar-refractivity contribution >= 4 is 0 Å². The zero-order chi connectivity index (χ0) is 23.4. The molecule has 0 saturated heterocycles. The normalized spacial score (nSPS) is 12.8. The highest BCUT2D eigenvalue weighted by Crippen LogP contribution is 2.32. The predicted molar refractivity (Wildman–Crippen MR) is 123 cm³/mol. The van der Waals surface area contributed by atoms with Gasteiger partial charge in [-0.25, -0.2) is 13.5 Å². The molecule has 0 bridgehead atoms. The number of halogens is 2. The van der Waals surface area contributed by atoms with Gasteiger partial charge in [-0.05, 0) is 72.2 Å². The molecule has 4 aromatic rings. The van der Waals surface area contributed by atoms with Gasteiger partial charge in [0.1, 0.15) is 11.6 Å². The van der Waals surface area contributed by atoms with Gasteiger partial charge in [0.05, 0.1) is 11.6 Å². The second-order valence-corrected chi connectivity index (χ2v) is 9.09. The van der Waals surface area contributed by atoms with E-state index in [2.05, 4.69) is 32.6 Å². The Balaban J connectivity index is 1.83. The molecule has 7 heteroatoms. The zero-order valence-corrected chi connectivity index (χ0v) is 19.0. The topological polar surface area (TPSA) is 46.8 Å². The Hall–Kier alpha value is -3.45. The summed E-state index contributed by atoms with van der Waals surface area (Å²) < 4.78 is 29.2. The van der Waals surface area contributed by atoms with Gasteiger partial charge in [0, 0.05) is 13.1 Å². The highest BCUT2D eigenvalue weighted by Gasteiger charge is 2.31. The van der Waals surface area contributed by atoms with Gasteiger partial charge < -0.3 is 0 Å². The molecule has 0 amide bonds. The number of nitrogens with zero attached hydrogens (tertiary/aromatic N) is 5. The van der Waals surface area contributed by atoms with E-state index in [1.54, 1.807) is 24.3 Å². The summed E-state index contributed by atoms with van der Waals surface area (Å²) in [5, 5.41) is 12.6. The van der Waals surface area contributed by atoms with Gasteiger partial charge in [-0.2, -0.15) is 0 Å². The molecule has 0 aliphatic heterocycles. The van der Waals surface area contributed by atoms with Crippen LogP contribution in [0.2, 0.25) is 0 Å². The van der Waals surface area contributed by atoms with Gasteiger partial charge in [-0.15, -0.1) is 5.10 Å². The summed E-state index contributed by atoms with van der Waals surface area (Å²) in [6, 6.07) is 22.7. The standard InChI is InChI=1S/C26H27F2N5/c1-26(2,3)33-25(29-30-31-33)24(21-11-15-23(28)16-12-21)32(17-19-7-5-4-6-8-19)18-20-9-13-22(27)14-10-20/h4-16,24H,17-18H2,1-3H3/t24-/m1/s1. The van der Waals surface area contributed by atoms with Crippen LogP contribution < -0.4 is 0 Å². The van der Waals surface area contributed by atoms with E-state index in [0.29, 0.717) is 18.9 Å². The minimum atomic E-state index is -0.356. The fraction of sp³-hybridized carbons (Fsp3) is 0.269. The Morgan fingerprint density at radius 3 is 1.91 bits per heavy atom. The number of hydrogen-bond acceptors (Lipinski definition) is 4. The Bertz CT molecular complexity index is 1170. The fourth-order valence-electron chi connectivity index (χ4n) is 3.89. The lowest BCUT2D eigenvalue weighted by molar-refractivity contribution is 0.185. The molecule has 33 heavy (non-hydrogen) atoms. The molecule has 0 radical (unpaired) electrons. The first-order valence-electron chi connectivity index (χ1n) is 10.9.